The molecule has 1 aliphatic rings. The Labute approximate surface area is 292 Å². The zero-order valence-corrected chi connectivity index (χ0v) is 28.8. The summed E-state index contributed by atoms with van der Waals surface area (Å²) in [7, 11) is 0. The Morgan fingerprint density at radius 3 is 2.25 bits per heavy atom. The van der Waals surface area contributed by atoms with E-state index < -0.39 is 76.6 Å². The Kier molecular flexibility index (Phi) is 10.6. The zero-order valence-electron chi connectivity index (χ0n) is 28.0. The zero-order chi connectivity index (χ0) is 37.5. The average Bonchev–Trinajstić information content (AvgIpc) is 3.68. The molecule has 2 heterocycles. The molecule has 2 aromatic carbocycles. The third-order valence-electron chi connectivity index (χ3n) is 9.02. The molecular formula is C35H36F7N5O3S. The summed E-state index contributed by atoms with van der Waals surface area (Å²) in [5.41, 5.74) is -3.13. The standard InChI is InChI=1S/C35H36F7N5O3S/c1-17(2)27(45-26(48)14-19-8-5-6-11-23(19)36)30(49)47-33(32(50)46-28(18(3)4)31-44-25(16-51-31)35(40,41)42)13-12-24-21(15-33)20-9-7-10-22(29(20)43-24)34(37,38)39/h5-11,16-18,27-28,43H,12-15H2,1-4H3,(H,45,48)(H,46,50)(H,47,49)/t27-,28-,33+/m0/s1. The first-order valence-corrected chi connectivity index (χ1v) is 17.1. The Morgan fingerprint density at radius 2 is 1.65 bits per heavy atom. The second-order valence-electron chi connectivity index (χ2n) is 13.4. The number of para-hydroxylation sites is 1. The lowest BCUT2D eigenvalue weighted by atomic mass is 9.78. The van der Waals surface area contributed by atoms with Crippen molar-refractivity contribution in [2.24, 2.45) is 11.8 Å². The van der Waals surface area contributed by atoms with E-state index in [-0.39, 0.29) is 47.2 Å². The fraction of sp³-hybridized carbons (Fsp3) is 0.429. The van der Waals surface area contributed by atoms with Crippen LogP contribution in [-0.2, 0) is 46.0 Å². The van der Waals surface area contributed by atoms with Crippen molar-refractivity contribution in [3.63, 3.8) is 0 Å². The molecule has 16 heteroatoms. The number of nitrogens with one attached hydrogen (secondary N) is 4. The minimum absolute atomic E-state index is 0.0222. The van der Waals surface area contributed by atoms with Crippen molar-refractivity contribution in [2.75, 3.05) is 0 Å². The van der Waals surface area contributed by atoms with Crippen LogP contribution in [0.25, 0.3) is 10.9 Å². The van der Waals surface area contributed by atoms with Gasteiger partial charge in [0.05, 0.1) is 23.5 Å². The van der Waals surface area contributed by atoms with Crippen LogP contribution in [0.2, 0.25) is 0 Å². The van der Waals surface area contributed by atoms with Gasteiger partial charge in [0.25, 0.3) is 0 Å². The summed E-state index contributed by atoms with van der Waals surface area (Å²) in [6.07, 6.45) is -10.1. The van der Waals surface area contributed by atoms with Crippen molar-refractivity contribution < 1.29 is 45.1 Å². The number of hydrogen-bond acceptors (Lipinski definition) is 5. The van der Waals surface area contributed by atoms with Gasteiger partial charge in [-0.1, -0.05) is 58.0 Å². The van der Waals surface area contributed by atoms with Crippen LogP contribution in [0, 0.1) is 17.7 Å². The number of carbonyl (C=O) groups excluding carboxylic acids is 3. The molecule has 0 unspecified atom stereocenters. The molecule has 0 saturated carbocycles. The van der Waals surface area contributed by atoms with Gasteiger partial charge in [-0.3, -0.25) is 14.4 Å². The van der Waals surface area contributed by atoms with Crippen LogP contribution in [0.3, 0.4) is 0 Å². The van der Waals surface area contributed by atoms with Gasteiger partial charge in [-0.25, -0.2) is 9.37 Å². The number of amides is 3. The van der Waals surface area contributed by atoms with Crippen LogP contribution in [0.1, 0.15) is 73.2 Å². The molecule has 3 atom stereocenters. The second-order valence-corrected chi connectivity index (χ2v) is 14.3. The van der Waals surface area contributed by atoms with Crippen molar-refractivity contribution in [3.8, 4) is 0 Å². The van der Waals surface area contributed by atoms with Crippen molar-refractivity contribution in [1.82, 2.24) is 25.9 Å². The first kappa shape index (κ1) is 37.8. The number of H-pyrrole nitrogens is 1. The van der Waals surface area contributed by atoms with Gasteiger partial charge in [0.15, 0.2) is 5.69 Å². The average molecular weight is 740 g/mol. The second kappa shape index (κ2) is 14.3. The number of aryl methyl sites for hydroxylation is 1. The minimum atomic E-state index is -4.72. The summed E-state index contributed by atoms with van der Waals surface area (Å²) in [6.45, 7) is 6.63. The number of halogens is 7. The van der Waals surface area contributed by atoms with E-state index in [0.717, 1.165) is 11.4 Å². The van der Waals surface area contributed by atoms with Crippen LogP contribution in [0.4, 0.5) is 30.7 Å². The molecular weight excluding hydrogens is 703 g/mol. The lowest BCUT2D eigenvalue weighted by Crippen LogP contribution is -2.65. The van der Waals surface area contributed by atoms with Crippen LogP contribution in [0.15, 0.2) is 47.8 Å². The summed E-state index contributed by atoms with van der Waals surface area (Å²) in [6, 6.07) is 7.04. The summed E-state index contributed by atoms with van der Waals surface area (Å²) in [5, 5.41) is 9.18. The number of aromatic amines is 1. The number of benzene rings is 2. The van der Waals surface area contributed by atoms with Gasteiger partial charge in [-0.05, 0) is 47.9 Å². The van der Waals surface area contributed by atoms with Gasteiger partial charge in [-0.2, -0.15) is 26.3 Å². The number of thiazole rings is 1. The Morgan fingerprint density at radius 1 is 0.941 bits per heavy atom. The van der Waals surface area contributed by atoms with E-state index >= 15 is 0 Å². The van der Waals surface area contributed by atoms with Crippen molar-refractivity contribution in [1.29, 1.82) is 0 Å². The Bertz CT molecular complexity index is 1930. The van der Waals surface area contributed by atoms with Crippen LogP contribution in [-0.4, -0.2) is 39.3 Å². The SMILES string of the molecule is CC(C)[C@H](NC(=O)Cc1ccccc1F)C(=O)N[C@]1(C(=O)N[C@H](c2nc(C(F)(F)F)cs2)C(C)C)CCc2[nH]c3c(C(F)(F)F)cccc3c2C1. The summed E-state index contributed by atoms with van der Waals surface area (Å²) in [5.74, 6) is -3.84. The molecule has 51 heavy (non-hydrogen) atoms. The van der Waals surface area contributed by atoms with Gasteiger partial charge in [0.1, 0.15) is 22.4 Å². The third-order valence-corrected chi connectivity index (χ3v) is 9.95. The highest BCUT2D eigenvalue weighted by Gasteiger charge is 2.47. The van der Waals surface area contributed by atoms with E-state index in [0.29, 0.717) is 22.6 Å². The highest BCUT2D eigenvalue weighted by Crippen LogP contribution is 2.41. The molecule has 3 amide bonds. The molecule has 8 nitrogen and oxygen atoms in total. The fourth-order valence-corrected chi connectivity index (χ4v) is 7.35. The quantitative estimate of drug-likeness (QED) is 0.131. The summed E-state index contributed by atoms with van der Waals surface area (Å²) < 4.78 is 96.4. The first-order valence-electron chi connectivity index (χ1n) is 16.2. The lowest BCUT2D eigenvalue weighted by Gasteiger charge is -2.39. The highest BCUT2D eigenvalue weighted by molar-refractivity contribution is 7.09. The Hall–Kier alpha value is -4.47. The maximum absolute atomic E-state index is 14.4. The smallest absolute Gasteiger partial charge is 0.358 e. The normalized spacial score (nSPS) is 17.7. The van der Waals surface area contributed by atoms with E-state index in [4.69, 9.17) is 0 Å². The monoisotopic (exact) mass is 739 g/mol. The number of rotatable bonds is 10. The van der Waals surface area contributed by atoms with Crippen LogP contribution in [0.5, 0.6) is 0 Å². The number of nitrogens with zero attached hydrogens (tertiary/aromatic N) is 1. The van der Waals surface area contributed by atoms with Crippen molar-refractivity contribution >= 4 is 40.0 Å². The van der Waals surface area contributed by atoms with E-state index in [1.807, 2.05) is 0 Å². The van der Waals surface area contributed by atoms with Gasteiger partial charge in [0.2, 0.25) is 17.7 Å². The largest absolute Gasteiger partial charge is 0.434 e. The molecule has 0 spiro atoms. The van der Waals surface area contributed by atoms with Gasteiger partial charge in [-0.15, -0.1) is 11.3 Å². The molecule has 2 aromatic heterocycles. The molecule has 0 radical (unpaired) electrons. The fourth-order valence-electron chi connectivity index (χ4n) is 6.31. The van der Waals surface area contributed by atoms with E-state index in [2.05, 4.69) is 25.9 Å². The number of hydrogen-bond donors (Lipinski definition) is 4. The maximum atomic E-state index is 14.4. The van der Waals surface area contributed by atoms with Gasteiger partial charge < -0.3 is 20.9 Å². The van der Waals surface area contributed by atoms with Crippen molar-refractivity contribution in [3.05, 3.63) is 86.7 Å². The first-order chi connectivity index (χ1) is 23.8. The van der Waals surface area contributed by atoms with Crippen molar-refractivity contribution in [2.45, 2.75) is 83.4 Å². The molecule has 5 rings (SSSR count). The van der Waals surface area contributed by atoms with E-state index in [1.165, 1.54) is 30.3 Å². The number of alkyl halides is 6. The molecule has 0 bridgehead atoms. The number of fused-ring (bicyclic) bond motifs is 3. The predicted molar refractivity (Wildman–Crippen MR) is 176 cm³/mol. The molecule has 0 fully saturated rings. The van der Waals surface area contributed by atoms with E-state index in [1.54, 1.807) is 33.8 Å². The number of carbonyl (C=O) groups is 3. The van der Waals surface area contributed by atoms with Gasteiger partial charge in [0, 0.05) is 22.9 Å². The molecule has 1 aliphatic carbocycles. The third kappa shape index (κ3) is 8.05. The maximum Gasteiger partial charge on any atom is 0.434 e. The predicted octanol–water partition coefficient (Wildman–Crippen LogP) is 7.04. The summed E-state index contributed by atoms with van der Waals surface area (Å²) >= 11 is 0.708. The summed E-state index contributed by atoms with van der Waals surface area (Å²) in [4.78, 5) is 48.1. The molecule has 4 aromatic rings. The number of aromatic nitrogens is 2. The molecule has 0 aliphatic heterocycles. The topological polar surface area (TPSA) is 116 Å². The van der Waals surface area contributed by atoms with Crippen LogP contribution >= 0.6 is 11.3 Å². The lowest BCUT2D eigenvalue weighted by molar-refractivity contribution is -0.141. The highest BCUT2D eigenvalue weighted by atomic mass is 32.1. The molecule has 0 saturated heterocycles. The van der Waals surface area contributed by atoms with Gasteiger partial charge >= 0.3 is 12.4 Å². The molecule has 4 N–H and O–H groups in total. The minimum Gasteiger partial charge on any atom is -0.358 e. The van der Waals surface area contributed by atoms with Crippen LogP contribution < -0.4 is 16.0 Å². The Balaban J connectivity index is 1.51. The molecule has 274 valence electrons. The van der Waals surface area contributed by atoms with E-state index in [9.17, 15) is 45.1 Å².